The minimum Gasteiger partial charge on any atom is -0.479 e. The molecule has 6 fully saturated rings. The predicted octanol–water partition coefficient (Wildman–Crippen LogP) is 15.1. The molecular formula is C97H105N13O17. The molecule has 10 aromatic rings. The third-order valence-electron chi connectivity index (χ3n) is 25.3. The summed E-state index contributed by atoms with van der Waals surface area (Å²) in [4.78, 5) is 132. The van der Waals surface area contributed by atoms with Gasteiger partial charge in [0, 0.05) is 62.5 Å². The van der Waals surface area contributed by atoms with Crippen molar-refractivity contribution in [2.45, 2.75) is 152 Å². The van der Waals surface area contributed by atoms with E-state index in [1.54, 1.807) is 53.6 Å². The smallest absolute Gasteiger partial charge is 0.407 e. The summed E-state index contributed by atoms with van der Waals surface area (Å²) in [6, 6.07) is 51.8. The first-order valence-corrected chi connectivity index (χ1v) is 43.3. The lowest BCUT2D eigenvalue weighted by Gasteiger charge is -2.30. The number of imidazole rings is 2. The molecule has 127 heavy (non-hydrogen) atoms. The Bertz CT molecular complexity index is 5810. The van der Waals surface area contributed by atoms with Crippen molar-refractivity contribution in [2.24, 2.45) is 21.8 Å². The highest BCUT2D eigenvalue weighted by Gasteiger charge is 2.53. The van der Waals surface area contributed by atoms with E-state index in [1.165, 1.54) is 44.8 Å². The number of aromatic amines is 2. The third kappa shape index (κ3) is 18.8. The Labute approximate surface area is 734 Å². The number of hydrogen-bond acceptors (Lipinski definition) is 20. The van der Waals surface area contributed by atoms with Crippen LogP contribution in [0, 0.1) is 11.8 Å². The number of aliphatic carboxylic acids is 1. The Hall–Kier alpha value is -13.2. The van der Waals surface area contributed by atoms with Crippen LogP contribution in [0.15, 0.2) is 192 Å². The number of likely N-dealkylation sites (tertiary alicyclic amines) is 3. The molecule has 8 atom stereocenters. The first-order valence-electron chi connectivity index (χ1n) is 43.3. The van der Waals surface area contributed by atoms with Gasteiger partial charge in [-0.3, -0.25) is 24.4 Å². The molecule has 9 heterocycles. The number of H-pyrrole nitrogens is 2. The number of benzene rings is 8. The van der Waals surface area contributed by atoms with Crippen molar-refractivity contribution in [2.75, 3.05) is 74.5 Å². The Balaban J connectivity index is 0.000000164. The number of carboxylic acid groups (broad SMARTS) is 1. The molecule has 8 aromatic carbocycles. The Kier molecular flexibility index (Phi) is 26.1. The van der Waals surface area contributed by atoms with Gasteiger partial charge in [-0.05, 0) is 145 Å². The Morgan fingerprint density at radius 3 is 1.32 bits per heavy atom. The van der Waals surface area contributed by atoms with Crippen molar-refractivity contribution in [1.29, 1.82) is 0 Å². The number of carbonyl (C=O) groups excluding carboxylic acids is 7. The summed E-state index contributed by atoms with van der Waals surface area (Å²) in [5, 5.41) is 23.9. The van der Waals surface area contributed by atoms with Gasteiger partial charge in [-0.25, -0.2) is 33.9 Å². The number of fused-ring (bicyclic) bond motifs is 6. The van der Waals surface area contributed by atoms with E-state index in [2.05, 4.69) is 133 Å². The maximum absolute atomic E-state index is 14.4. The summed E-state index contributed by atoms with van der Waals surface area (Å²) in [5.74, 6) is -1.29. The molecule has 0 radical (unpaired) electrons. The minimum atomic E-state index is -1.13. The number of ether oxygens (including phenoxy) is 8. The number of methoxy groups -OCH3 is 4. The first kappa shape index (κ1) is 87.3. The van der Waals surface area contributed by atoms with Crippen molar-refractivity contribution < 1.29 is 81.4 Å². The molecule has 0 bridgehead atoms. The molecule has 30 heteroatoms. The number of alkyl carbamates (subject to hydrolysis) is 4. The van der Waals surface area contributed by atoms with Crippen molar-refractivity contribution in [3.8, 4) is 44.8 Å². The molecule has 8 aliphatic rings. The molecule has 18 rings (SSSR count). The van der Waals surface area contributed by atoms with Gasteiger partial charge in [0.2, 0.25) is 11.8 Å². The molecule has 0 unspecified atom stereocenters. The van der Waals surface area contributed by atoms with Gasteiger partial charge in [-0.15, -0.1) is 0 Å². The summed E-state index contributed by atoms with van der Waals surface area (Å²) in [7, 11) is 5.06. The van der Waals surface area contributed by atoms with Gasteiger partial charge in [0.1, 0.15) is 29.8 Å². The molecule has 660 valence electrons. The number of aromatic nitrogens is 4. The standard InChI is InChI=1S/C48H51N7O8.C39H43N5O5.C10H11NO4/c1-28(2)41(52-46(58)60-3)44(56)54-20-8-11-39(54)37-24-35-34-18-16-32(23-33(34)17-19-36(35)50-37)29-12-14-30(15-13-29)38-26-49-43(51-38)40-25-48(62-21-22-63-48)27-55(40)45(57)42(53-47(59)61-4)31-9-6-5-7-10-31;1-23(2)35(43-38(46)47-3)37(45)44-16-4-5-34(44)32-20-30-29-12-10-26(19-27(29)11-13-31(30)41-32)24-6-8-25(9-7-24)33-22-40-36(42-33)28-14-15-39(21-28)48-17-18-49-39;1-15-10(14)11-8(9(12)13)7-5-3-2-4-6-7/h5-7,9-10,12-19,23,26,28,39-42H,8,11,20-22,24-25,27H2,1-4H3,(H,49,51)(H,52,58)(H,53,59);6-13,19,22-23,28,34-35H,4-5,14-18,20-21H2,1-3H3,(H,40,42)(H,43,46);2-6,8H,1H3,(H,11,14)(H,12,13)/t39-,40-,41-,42+;28-,34-,35-;8-/m001/s1. The highest BCUT2D eigenvalue weighted by atomic mass is 16.7. The number of hydrogen-bond donors (Lipinski definition) is 7. The van der Waals surface area contributed by atoms with E-state index < -0.39 is 72.1 Å². The normalized spacial score (nSPS) is 19.6. The van der Waals surface area contributed by atoms with Gasteiger partial charge in [0.25, 0.3) is 5.91 Å². The molecule has 2 spiro atoms. The van der Waals surface area contributed by atoms with Crippen molar-refractivity contribution in [3.63, 3.8) is 0 Å². The monoisotopic (exact) mass is 1720 g/mol. The maximum Gasteiger partial charge on any atom is 0.407 e. The molecule has 5 saturated heterocycles. The van der Waals surface area contributed by atoms with Crippen LogP contribution < -0.4 is 21.3 Å². The summed E-state index contributed by atoms with van der Waals surface area (Å²) < 4.78 is 42.8. The van der Waals surface area contributed by atoms with E-state index in [-0.39, 0.29) is 48.2 Å². The second-order valence-corrected chi connectivity index (χ2v) is 33.8. The van der Waals surface area contributed by atoms with Gasteiger partial charge in [-0.1, -0.05) is 173 Å². The average Bonchev–Trinajstić information content (AvgIpc) is 1.63. The average molecular weight is 1720 g/mol. The van der Waals surface area contributed by atoms with Crippen molar-refractivity contribution >= 4 is 92.4 Å². The van der Waals surface area contributed by atoms with Crippen LogP contribution in [-0.2, 0) is 69.9 Å². The molecule has 7 N–H and O–H groups in total. The highest BCUT2D eigenvalue weighted by molar-refractivity contribution is 6.08. The van der Waals surface area contributed by atoms with Crippen molar-refractivity contribution in [3.05, 3.63) is 216 Å². The number of aliphatic imine (C=N–C) groups is 2. The maximum atomic E-state index is 14.4. The van der Waals surface area contributed by atoms with E-state index in [9.17, 15) is 38.4 Å². The SMILES string of the molecule is COC(=O)N[C@@H](C(=O)O)c1ccccc1.COC(=O)N[C@H](C(=O)N1CCC[C@H]1C1=Nc2ccc3cc(-c4ccc(-c5cnc([C@@H]6CC7(CN6C(=O)[C@H](NC(=O)OC)c6ccccc6)OCCO7)[nH]5)cc4)ccc3c2C1)C(C)C.COC(=O)N[C@H](C(=O)N1CCC[C@H]1C1=Nc2ccc3cc(-c4ccc(-c5cnc([C@H]6CCC7(C6)OCCO7)[nH]5)cc4)ccc3c2C1)C(C)C. The minimum absolute atomic E-state index is 0.0686. The topological polar surface area (TPSA) is 371 Å². The van der Waals surface area contributed by atoms with Gasteiger partial charge in [0.05, 0.1) is 115 Å². The summed E-state index contributed by atoms with van der Waals surface area (Å²) in [6.07, 6.45) is 9.00. The van der Waals surface area contributed by atoms with E-state index in [0.717, 1.165) is 135 Å². The summed E-state index contributed by atoms with van der Waals surface area (Å²) in [5.41, 5.74) is 15.6. The van der Waals surface area contributed by atoms with Gasteiger partial charge >= 0.3 is 30.3 Å². The predicted molar refractivity (Wildman–Crippen MR) is 475 cm³/mol. The van der Waals surface area contributed by atoms with E-state index >= 15 is 0 Å². The van der Waals surface area contributed by atoms with Gasteiger partial charge < -0.3 is 88.9 Å². The first-order chi connectivity index (χ1) is 61.5. The molecular weight excluding hydrogens is 1620 g/mol. The van der Waals surface area contributed by atoms with Gasteiger partial charge in [-0.2, -0.15) is 0 Å². The van der Waals surface area contributed by atoms with Crippen LogP contribution >= 0.6 is 0 Å². The fourth-order valence-electron chi connectivity index (χ4n) is 18.8. The fourth-order valence-corrected chi connectivity index (χ4v) is 18.8. The van der Waals surface area contributed by atoms with E-state index in [4.69, 9.17) is 58.2 Å². The molecule has 1 aliphatic carbocycles. The molecule has 7 aliphatic heterocycles. The third-order valence-corrected chi connectivity index (χ3v) is 25.3. The van der Waals surface area contributed by atoms with Crippen LogP contribution in [0.4, 0.5) is 30.6 Å². The second-order valence-electron chi connectivity index (χ2n) is 33.8. The van der Waals surface area contributed by atoms with Crippen molar-refractivity contribution in [1.82, 2.24) is 55.9 Å². The number of nitrogens with zero attached hydrogens (tertiary/aromatic N) is 7. The van der Waals surface area contributed by atoms with Crippen LogP contribution in [0.3, 0.4) is 0 Å². The molecule has 1 saturated carbocycles. The van der Waals surface area contributed by atoms with Crippen LogP contribution in [0.25, 0.3) is 66.3 Å². The lowest BCUT2D eigenvalue weighted by Crippen LogP contribution is -2.53. The zero-order valence-corrected chi connectivity index (χ0v) is 72.2. The number of nitrogens with one attached hydrogen (secondary N) is 6. The van der Waals surface area contributed by atoms with Crippen LogP contribution in [-0.4, -0.2) is 209 Å². The fraction of sp³-hybridized carbons (Fsp3) is 0.381. The van der Waals surface area contributed by atoms with Crippen LogP contribution in [0.2, 0.25) is 0 Å². The number of carboxylic acids is 1. The highest BCUT2D eigenvalue weighted by Crippen LogP contribution is 2.48. The van der Waals surface area contributed by atoms with Crippen LogP contribution in [0.5, 0.6) is 0 Å². The summed E-state index contributed by atoms with van der Waals surface area (Å²) in [6.45, 7) is 11.3. The van der Waals surface area contributed by atoms with Gasteiger partial charge in [0.15, 0.2) is 17.6 Å². The summed E-state index contributed by atoms with van der Waals surface area (Å²) >= 11 is 0. The molecule has 7 amide bonds. The zero-order valence-electron chi connectivity index (χ0n) is 72.2. The lowest BCUT2D eigenvalue weighted by molar-refractivity contribution is -0.153. The number of carbonyl (C=O) groups is 8. The lowest BCUT2D eigenvalue weighted by atomic mass is 9.94. The number of amides is 7. The number of rotatable bonds is 20. The Morgan fingerprint density at radius 2 is 0.866 bits per heavy atom. The Morgan fingerprint density at radius 1 is 0.449 bits per heavy atom. The van der Waals surface area contributed by atoms with E-state index in [0.29, 0.717) is 81.6 Å². The quantitative estimate of drug-likeness (QED) is 0.0348. The second kappa shape index (κ2) is 38.0. The molecule has 30 nitrogen and oxygen atoms in total. The zero-order chi connectivity index (χ0) is 88.8. The largest absolute Gasteiger partial charge is 0.479 e. The van der Waals surface area contributed by atoms with Crippen LogP contribution in [0.1, 0.15) is 137 Å². The van der Waals surface area contributed by atoms with E-state index in [1.807, 2.05) is 74.0 Å². The molecule has 2 aromatic heterocycles.